The van der Waals surface area contributed by atoms with E-state index in [2.05, 4.69) is 64.8 Å². The number of furan rings is 1. The first kappa shape index (κ1) is 20.1. The van der Waals surface area contributed by atoms with Gasteiger partial charge in [0.1, 0.15) is 5.76 Å². The standard InChI is InChI=1S/C28H22N2O/c1-4-5-6-7-23-10-14-26(15-11-23)30(25-12-8-21(2)9-13-25)28-17-16-27(31-28)24-18-19-29-22(3)20-24/h8-20H,1-3H3. The Morgan fingerprint density at radius 1 is 0.806 bits per heavy atom. The predicted molar refractivity (Wildman–Crippen MR) is 126 cm³/mol. The average Bonchev–Trinajstić information content (AvgIpc) is 3.26. The molecule has 2 aromatic heterocycles. The van der Waals surface area contributed by atoms with E-state index in [9.17, 15) is 0 Å². The summed E-state index contributed by atoms with van der Waals surface area (Å²) in [6.45, 7) is 5.84. The van der Waals surface area contributed by atoms with E-state index in [0.717, 1.165) is 39.8 Å². The Bertz CT molecular complexity index is 1310. The van der Waals surface area contributed by atoms with Crippen molar-refractivity contribution in [2.75, 3.05) is 4.90 Å². The summed E-state index contributed by atoms with van der Waals surface area (Å²) in [5, 5.41) is 0. The Labute approximate surface area is 183 Å². The van der Waals surface area contributed by atoms with Crippen LogP contribution < -0.4 is 4.90 Å². The monoisotopic (exact) mass is 402 g/mol. The van der Waals surface area contributed by atoms with Gasteiger partial charge < -0.3 is 4.42 Å². The van der Waals surface area contributed by atoms with E-state index >= 15 is 0 Å². The van der Waals surface area contributed by atoms with Crippen LogP contribution in [0.4, 0.5) is 17.3 Å². The number of pyridine rings is 1. The molecule has 4 aromatic rings. The molecular formula is C28H22N2O. The highest BCUT2D eigenvalue weighted by Crippen LogP contribution is 2.37. The molecule has 0 radical (unpaired) electrons. The highest BCUT2D eigenvalue weighted by Gasteiger charge is 2.17. The highest BCUT2D eigenvalue weighted by atomic mass is 16.4. The molecule has 0 bridgehead atoms. The van der Waals surface area contributed by atoms with Gasteiger partial charge in [-0.1, -0.05) is 29.5 Å². The Morgan fingerprint density at radius 3 is 2.19 bits per heavy atom. The van der Waals surface area contributed by atoms with E-state index < -0.39 is 0 Å². The molecule has 0 aliphatic heterocycles. The summed E-state index contributed by atoms with van der Waals surface area (Å²) >= 11 is 0. The van der Waals surface area contributed by atoms with Gasteiger partial charge in [-0.2, -0.15) is 0 Å². The van der Waals surface area contributed by atoms with Gasteiger partial charge in [-0.25, -0.2) is 0 Å². The van der Waals surface area contributed by atoms with Crippen molar-refractivity contribution in [1.82, 2.24) is 4.98 Å². The van der Waals surface area contributed by atoms with Crippen LogP contribution in [0.1, 0.15) is 23.7 Å². The second-order valence-corrected chi connectivity index (χ2v) is 7.17. The van der Waals surface area contributed by atoms with Crippen LogP contribution in [0.3, 0.4) is 0 Å². The third kappa shape index (κ3) is 4.69. The fourth-order valence-corrected chi connectivity index (χ4v) is 3.26. The number of anilines is 3. The van der Waals surface area contributed by atoms with Crippen molar-refractivity contribution in [3.63, 3.8) is 0 Å². The summed E-state index contributed by atoms with van der Waals surface area (Å²) in [4.78, 5) is 6.37. The quantitative estimate of drug-likeness (QED) is 0.351. The molecule has 0 unspecified atom stereocenters. The van der Waals surface area contributed by atoms with E-state index in [1.54, 1.807) is 13.1 Å². The fourth-order valence-electron chi connectivity index (χ4n) is 3.26. The Balaban J connectivity index is 1.75. The van der Waals surface area contributed by atoms with Gasteiger partial charge in [0.15, 0.2) is 0 Å². The van der Waals surface area contributed by atoms with Gasteiger partial charge in [-0.05, 0) is 87.2 Å². The van der Waals surface area contributed by atoms with Gasteiger partial charge in [-0.3, -0.25) is 9.88 Å². The molecular weight excluding hydrogens is 380 g/mol. The van der Waals surface area contributed by atoms with E-state index in [-0.39, 0.29) is 0 Å². The lowest BCUT2D eigenvalue weighted by Crippen LogP contribution is -2.08. The summed E-state index contributed by atoms with van der Waals surface area (Å²) in [7, 11) is 0. The molecule has 3 nitrogen and oxygen atoms in total. The molecule has 0 aliphatic carbocycles. The van der Waals surface area contributed by atoms with Crippen molar-refractivity contribution in [1.29, 1.82) is 0 Å². The molecule has 2 aromatic carbocycles. The van der Waals surface area contributed by atoms with Gasteiger partial charge >= 0.3 is 0 Å². The van der Waals surface area contributed by atoms with Crippen molar-refractivity contribution in [2.45, 2.75) is 20.8 Å². The van der Waals surface area contributed by atoms with E-state index in [4.69, 9.17) is 4.42 Å². The van der Waals surface area contributed by atoms with Crippen LogP contribution >= 0.6 is 0 Å². The zero-order valence-corrected chi connectivity index (χ0v) is 17.8. The number of benzene rings is 2. The normalized spacial score (nSPS) is 9.90. The number of aryl methyl sites for hydroxylation is 2. The first-order valence-corrected chi connectivity index (χ1v) is 10.1. The molecule has 150 valence electrons. The average molecular weight is 402 g/mol. The summed E-state index contributed by atoms with van der Waals surface area (Å²) in [6.07, 6.45) is 1.80. The second-order valence-electron chi connectivity index (χ2n) is 7.17. The van der Waals surface area contributed by atoms with Gasteiger partial charge in [-0.15, -0.1) is 0 Å². The molecule has 0 N–H and O–H groups in total. The molecule has 2 heterocycles. The zero-order chi connectivity index (χ0) is 21.6. The third-order valence-corrected chi connectivity index (χ3v) is 4.81. The second kappa shape index (κ2) is 9.08. The van der Waals surface area contributed by atoms with Crippen LogP contribution in [0.2, 0.25) is 0 Å². The minimum absolute atomic E-state index is 0.740. The van der Waals surface area contributed by atoms with Crippen molar-refractivity contribution < 1.29 is 4.42 Å². The zero-order valence-electron chi connectivity index (χ0n) is 17.8. The SMILES string of the molecule is CC#CC#Cc1ccc(N(c2ccc(C)cc2)c2ccc(-c3ccnc(C)c3)o2)cc1. The third-order valence-electron chi connectivity index (χ3n) is 4.81. The Morgan fingerprint density at radius 2 is 1.52 bits per heavy atom. The van der Waals surface area contributed by atoms with Crippen molar-refractivity contribution in [3.8, 4) is 35.0 Å². The lowest BCUT2D eigenvalue weighted by molar-refractivity contribution is 0.588. The van der Waals surface area contributed by atoms with Crippen LogP contribution in [-0.4, -0.2) is 4.98 Å². The summed E-state index contributed by atoms with van der Waals surface area (Å²) in [5.41, 5.74) is 6.10. The summed E-state index contributed by atoms with van der Waals surface area (Å²) in [6, 6.07) is 24.4. The van der Waals surface area contributed by atoms with Crippen LogP contribution in [-0.2, 0) is 0 Å². The van der Waals surface area contributed by atoms with Gasteiger partial charge in [0, 0.05) is 40.5 Å². The van der Waals surface area contributed by atoms with E-state index in [1.165, 1.54) is 5.56 Å². The van der Waals surface area contributed by atoms with Crippen LogP contribution in [0.25, 0.3) is 11.3 Å². The van der Waals surface area contributed by atoms with Crippen LogP contribution in [0.15, 0.2) is 83.4 Å². The minimum atomic E-state index is 0.740. The Kier molecular flexibility index (Phi) is 5.88. The molecule has 4 rings (SSSR count). The lowest BCUT2D eigenvalue weighted by atomic mass is 10.1. The van der Waals surface area contributed by atoms with Gasteiger partial charge in [0.25, 0.3) is 0 Å². The maximum absolute atomic E-state index is 6.29. The molecule has 0 fully saturated rings. The number of aromatic nitrogens is 1. The van der Waals surface area contributed by atoms with Gasteiger partial charge in [0.05, 0.1) is 0 Å². The van der Waals surface area contributed by atoms with Crippen molar-refractivity contribution in [2.24, 2.45) is 0 Å². The predicted octanol–water partition coefficient (Wildman–Crippen LogP) is 6.80. The smallest absolute Gasteiger partial charge is 0.205 e. The maximum Gasteiger partial charge on any atom is 0.205 e. The number of rotatable bonds is 4. The number of hydrogen-bond acceptors (Lipinski definition) is 3. The largest absolute Gasteiger partial charge is 0.440 e. The summed E-state index contributed by atoms with van der Waals surface area (Å²) in [5.74, 6) is 13.0. The maximum atomic E-state index is 6.29. The Hall–Kier alpha value is -4.21. The molecule has 0 aliphatic rings. The van der Waals surface area contributed by atoms with Crippen molar-refractivity contribution >= 4 is 17.3 Å². The first-order chi connectivity index (χ1) is 15.1. The lowest BCUT2D eigenvalue weighted by Gasteiger charge is -2.22. The topological polar surface area (TPSA) is 29.3 Å². The minimum Gasteiger partial charge on any atom is -0.440 e. The molecule has 0 spiro atoms. The summed E-state index contributed by atoms with van der Waals surface area (Å²) < 4.78 is 6.29. The molecule has 0 atom stereocenters. The van der Waals surface area contributed by atoms with Crippen LogP contribution in [0, 0.1) is 37.5 Å². The molecule has 3 heteroatoms. The van der Waals surface area contributed by atoms with E-state index in [0.29, 0.717) is 0 Å². The molecule has 0 amide bonds. The van der Waals surface area contributed by atoms with Gasteiger partial charge in [0.2, 0.25) is 5.88 Å². The fraction of sp³-hybridized carbons (Fsp3) is 0.107. The number of nitrogens with zero attached hydrogens (tertiary/aromatic N) is 2. The van der Waals surface area contributed by atoms with E-state index in [1.807, 2.05) is 55.5 Å². The highest BCUT2D eigenvalue weighted by molar-refractivity contribution is 5.75. The van der Waals surface area contributed by atoms with Crippen molar-refractivity contribution in [3.05, 3.63) is 95.8 Å². The molecule has 31 heavy (non-hydrogen) atoms. The van der Waals surface area contributed by atoms with Crippen LogP contribution in [0.5, 0.6) is 0 Å². The number of hydrogen-bond donors (Lipinski definition) is 0. The first-order valence-electron chi connectivity index (χ1n) is 10.1. The molecule has 0 saturated carbocycles. The molecule has 0 saturated heterocycles.